The summed E-state index contributed by atoms with van der Waals surface area (Å²) in [6.07, 6.45) is 22.1. The molecule has 0 radical (unpaired) electrons. The van der Waals surface area contributed by atoms with Crippen LogP contribution in [0.25, 0.3) is 0 Å². The van der Waals surface area contributed by atoms with Crippen molar-refractivity contribution in [3.8, 4) is 0 Å². The topological polar surface area (TPSA) is 79.2 Å². The lowest BCUT2D eigenvalue weighted by molar-refractivity contribution is -0.0917. The third kappa shape index (κ3) is 19.0. The molecule has 3 N–H and O–H groups in total. The summed E-state index contributed by atoms with van der Waals surface area (Å²) in [6, 6.07) is 0. The fourth-order valence-corrected chi connectivity index (χ4v) is 4.35. The van der Waals surface area contributed by atoms with Gasteiger partial charge in [-0.05, 0) is 19.3 Å². The van der Waals surface area contributed by atoms with Crippen LogP contribution < -0.4 is 0 Å². The molecule has 3 atom stereocenters. The monoisotopic (exact) mass is 488 g/mol. The van der Waals surface area contributed by atoms with E-state index in [1.165, 1.54) is 96.3 Å². The van der Waals surface area contributed by atoms with E-state index in [9.17, 15) is 10.2 Å². The Kier molecular flexibility index (Phi) is 24.3. The maximum Gasteiger partial charge on any atom is 0.100 e. The average molecular weight is 489 g/mol. The lowest BCUT2D eigenvalue weighted by Gasteiger charge is -2.32. The van der Waals surface area contributed by atoms with Gasteiger partial charge in [0.2, 0.25) is 0 Å². The van der Waals surface area contributed by atoms with Gasteiger partial charge in [0.25, 0.3) is 0 Å². The molecule has 0 bridgehead atoms. The molecule has 0 rings (SSSR count). The highest BCUT2D eigenvalue weighted by molar-refractivity contribution is 4.78. The molecule has 0 aliphatic rings. The largest absolute Gasteiger partial charge is 0.396 e. The Balaban J connectivity index is 4.47. The zero-order valence-electron chi connectivity index (χ0n) is 23.1. The summed E-state index contributed by atoms with van der Waals surface area (Å²) in [5.41, 5.74) is -0.451. The second-order valence-electron chi connectivity index (χ2n) is 10.5. The molecule has 0 spiro atoms. The molecule has 0 aliphatic heterocycles. The number of rotatable bonds is 27. The van der Waals surface area contributed by atoms with E-state index in [-0.39, 0.29) is 25.9 Å². The quantitative estimate of drug-likeness (QED) is 0.111. The van der Waals surface area contributed by atoms with E-state index in [4.69, 9.17) is 14.6 Å². The third-order valence-corrected chi connectivity index (χ3v) is 7.15. The van der Waals surface area contributed by atoms with Gasteiger partial charge in [-0.3, -0.25) is 0 Å². The zero-order valence-corrected chi connectivity index (χ0v) is 23.1. The van der Waals surface area contributed by atoms with Crippen LogP contribution >= 0.6 is 0 Å². The molecule has 0 fully saturated rings. The molecule has 0 saturated heterocycles. The normalized spacial score (nSPS) is 15.4. The van der Waals surface area contributed by atoms with Crippen molar-refractivity contribution in [1.82, 2.24) is 0 Å². The Morgan fingerprint density at radius 1 is 0.647 bits per heavy atom. The Morgan fingerprint density at radius 3 is 1.53 bits per heavy atom. The highest BCUT2D eigenvalue weighted by Gasteiger charge is 2.30. The molecular weight excluding hydrogens is 428 g/mol. The van der Waals surface area contributed by atoms with E-state index < -0.39 is 11.5 Å². The number of hydrogen-bond acceptors (Lipinski definition) is 5. The minimum atomic E-state index is -0.874. The Labute approximate surface area is 212 Å². The highest BCUT2D eigenvalue weighted by atomic mass is 16.5. The minimum Gasteiger partial charge on any atom is -0.396 e. The summed E-state index contributed by atoms with van der Waals surface area (Å²) < 4.78 is 12.0. The SMILES string of the molecule is CCCCCCCCCCCC(CCCCCCCC)OCC(CC)(CO)COCC(O)CO. The molecule has 34 heavy (non-hydrogen) atoms. The molecule has 0 aromatic rings. The third-order valence-electron chi connectivity index (χ3n) is 7.15. The van der Waals surface area contributed by atoms with E-state index in [1.807, 2.05) is 0 Å². The van der Waals surface area contributed by atoms with Crippen molar-refractivity contribution in [2.45, 2.75) is 149 Å². The van der Waals surface area contributed by atoms with Gasteiger partial charge in [0.1, 0.15) is 6.10 Å². The fourth-order valence-electron chi connectivity index (χ4n) is 4.35. The maximum absolute atomic E-state index is 10.1. The molecule has 0 aromatic carbocycles. The van der Waals surface area contributed by atoms with Crippen LogP contribution in [0.2, 0.25) is 0 Å². The van der Waals surface area contributed by atoms with E-state index in [0.29, 0.717) is 13.2 Å². The standard InChI is InChI=1S/C29H60O5/c1-4-7-9-11-13-14-15-17-19-21-28(20-18-16-12-10-8-5-2)34-26-29(6-3,24-31)25-33-23-27(32)22-30/h27-28,30-32H,4-26H2,1-3H3. The molecule has 5 heteroatoms. The van der Waals surface area contributed by atoms with Crippen LogP contribution in [0.3, 0.4) is 0 Å². The molecule has 3 unspecified atom stereocenters. The van der Waals surface area contributed by atoms with Gasteiger partial charge in [0.05, 0.1) is 39.1 Å². The van der Waals surface area contributed by atoms with Crippen LogP contribution in [0.5, 0.6) is 0 Å². The van der Waals surface area contributed by atoms with E-state index in [0.717, 1.165) is 19.3 Å². The van der Waals surface area contributed by atoms with Crippen molar-refractivity contribution < 1.29 is 24.8 Å². The van der Waals surface area contributed by atoms with Gasteiger partial charge >= 0.3 is 0 Å². The van der Waals surface area contributed by atoms with E-state index in [2.05, 4.69) is 20.8 Å². The van der Waals surface area contributed by atoms with Crippen molar-refractivity contribution in [2.75, 3.05) is 33.0 Å². The van der Waals surface area contributed by atoms with Gasteiger partial charge in [-0.15, -0.1) is 0 Å². The summed E-state index contributed by atoms with van der Waals surface area (Å²) in [5.74, 6) is 0. The van der Waals surface area contributed by atoms with E-state index in [1.54, 1.807) is 0 Å². The van der Waals surface area contributed by atoms with Crippen LogP contribution in [0.15, 0.2) is 0 Å². The van der Waals surface area contributed by atoms with Gasteiger partial charge in [0, 0.05) is 5.41 Å². The second-order valence-corrected chi connectivity index (χ2v) is 10.5. The highest BCUT2D eigenvalue weighted by Crippen LogP contribution is 2.26. The summed E-state index contributed by atoms with van der Waals surface area (Å²) in [4.78, 5) is 0. The van der Waals surface area contributed by atoms with Crippen molar-refractivity contribution in [1.29, 1.82) is 0 Å². The fraction of sp³-hybridized carbons (Fsp3) is 1.00. The molecule has 5 nitrogen and oxygen atoms in total. The van der Waals surface area contributed by atoms with Crippen molar-refractivity contribution >= 4 is 0 Å². The summed E-state index contributed by atoms with van der Waals surface area (Å²) in [6.45, 7) is 7.15. The number of aliphatic hydroxyl groups excluding tert-OH is 3. The van der Waals surface area contributed by atoms with E-state index >= 15 is 0 Å². The van der Waals surface area contributed by atoms with Gasteiger partial charge in [0.15, 0.2) is 0 Å². The summed E-state index contributed by atoms with van der Waals surface area (Å²) in [5, 5.41) is 28.6. The molecule has 206 valence electrons. The Morgan fingerprint density at radius 2 is 1.12 bits per heavy atom. The first-order chi connectivity index (χ1) is 16.6. The van der Waals surface area contributed by atoms with Crippen molar-refractivity contribution in [2.24, 2.45) is 5.41 Å². The first kappa shape index (κ1) is 33.8. The van der Waals surface area contributed by atoms with Crippen LogP contribution in [0.1, 0.15) is 136 Å². The van der Waals surface area contributed by atoms with Crippen molar-refractivity contribution in [3.05, 3.63) is 0 Å². The Hall–Kier alpha value is -0.200. The smallest absolute Gasteiger partial charge is 0.100 e. The van der Waals surface area contributed by atoms with Gasteiger partial charge in [-0.2, -0.15) is 0 Å². The van der Waals surface area contributed by atoms with Crippen LogP contribution in [-0.4, -0.2) is 60.6 Å². The number of unbranched alkanes of at least 4 members (excludes halogenated alkanes) is 13. The van der Waals surface area contributed by atoms with Crippen LogP contribution in [-0.2, 0) is 9.47 Å². The average Bonchev–Trinajstić information content (AvgIpc) is 2.86. The predicted octanol–water partition coefficient (Wildman–Crippen LogP) is 6.80. The predicted molar refractivity (Wildman–Crippen MR) is 143 cm³/mol. The van der Waals surface area contributed by atoms with Gasteiger partial charge in [-0.25, -0.2) is 0 Å². The number of aliphatic hydroxyl groups is 3. The van der Waals surface area contributed by atoms with Gasteiger partial charge in [-0.1, -0.05) is 117 Å². The molecule has 0 aliphatic carbocycles. The molecule has 0 aromatic heterocycles. The molecular formula is C29H60O5. The first-order valence-electron chi connectivity index (χ1n) is 14.7. The molecule has 0 amide bonds. The van der Waals surface area contributed by atoms with Gasteiger partial charge < -0.3 is 24.8 Å². The summed E-state index contributed by atoms with van der Waals surface area (Å²) >= 11 is 0. The number of ether oxygens (including phenoxy) is 2. The second kappa shape index (κ2) is 24.5. The Bertz CT molecular complexity index is 400. The van der Waals surface area contributed by atoms with Crippen LogP contribution in [0, 0.1) is 5.41 Å². The van der Waals surface area contributed by atoms with Crippen LogP contribution in [0.4, 0.5) is 0 Å². The lowest BCUT2D eigenvalue weighted by Crippen LogP contribution is -2.38. The minimum absolute atomic E-state index is 0.000485. The molecule has 0 saturated carbocycles. The number of hydrogen-bond donors (Lipinski definition) is 3. The lowest BCUT2D eigenvalue weighted by atomic mass is 9.88. The molecule has 0 heterocycles. The summed E-state index contributed by atoms with van der Waals surface area (Å²) in [7, 11) is 0. The van der Waals surface area contributed by atoms with Crippen molar-refractivity contribution in [3.63, 3.8) is 0 Å². The maximum atomic E-state index is 10.1. The first-order valence-corrected chi connectivity index (χ1v) is 14.7. The zero-order chi connectivity index (χ0) is 25.3.